The van der Waals surface area contributed by atoms with E-state index in [1.165, 1.54) is 30.4 Å². The maximum atomic E-state index is 12.4. The summed E-state index contributed by atoms with van der Waals surface area (Å²) in [5.41, 5.74) is 1.38. The summed E-state index contributed by atoms with van der Waals surface area (Å²) in [6, 6.07) is 7.42. The zero-order valence-electron chi connectivity index (χ0n) is 14.1. The third-order valence-electron chi connectivity index (χ3n) is 4.25. The maximum Gasteiger partial charge on any atom is 0.189 e. The molecule has 5 heteroatoms. The van der Waals surface area contributed by atoms with Gasteiger partial charge in [-0.15, -0.1) is 0 Å². The van der Waals surface area contributed by atoms with Crippen molar-refractivity contribution in [3.05, 3.63) is 53.1 Å². The summed E-state index contributed by atoms with van der Waals surface area (Å²) in [4.78, 5) is 12.4. The molecule has 1 aliphatic rings. The third-order valence-corrected chi connectivity index (χ3v) is 4.25. The summed E-state index contributed by atoms with van der Waals surface area (Å²) in [5.74, 6) is -0.347. The van der Waals surface area contributed by atoms with Crippen LogP contribution in [0.5, 0.6) is 23.0 Å². The molecule has 0 unspecified atom stereocenters. The van der Waals surface area contributed by atoms with E-state index in [1.54, 1.807) is 12.1 Å². The predicted octanol–water partition coefficient (Wildman–Crippen LogP) is 3.80. The first-order valence-corrected chi connectivity index (χ1v) is 8.04. The zero-order chi connectivity index (χ0) is 18.2. The molecule has 0 saturated heterocycles. The molecule has 25 heavy (non-hydrogen) atoms. The average Bonchev–Trinajstić information content (AvgIpc) is 2.54. The maximum absolute atomic E-state index is 12.4. The highest BCUT2D eigenvalue weighted by molar-refractivity contribution is 6.08. The van der Waals surface area contributed by atoms with Gasteiger partial charge in [0.2, 0.25) is 0 Å². The molecule has 2 aromatic carbocycles. The van der Waals surface area contributed by atoms with E-state index in [-0.39, 0.29) is 34.2 Å². The lowest BCUT2D eigenvalue weighted by molar-refractivity contribution is 0.0842. The number of aryl methyl sites for hydroxylation is 1. The van der Waals surface area contributed by atoms with Gasteiger partial charge in [-0.05, 0) is 62.1 Å². The number of allylic oxidation sites excluding steroid dienone is 1. The van der Waals surface area contributed by atoms with E-state index >= 15 is 0 Å². The fraction of sp³-hybridized carbons (Fsp3) is 0.250. The standard InChI is InChI=1S/C20H20O5/c1-20(2)8-7-13-10-14(17(23)11-19(13)25-20)15(21)5-3-12-4-6-16(22)18(24)9-12/h3-6,9-11,22-24H,7-8H2,1-2H3/b5-3+. The number of ketones is 1. The van der Waals surface area contributed by atoms with Gasteiger partial charge < -0.3 is 20.1 Å². The first-order valence-electron chi connectivity index (χ1n) is 8.04. The number of rotatable bonds is 3. The Morgan fingerprint density at radius 3 is 2.56 bits per heavy atom. The molecule has 0 atom stereocenters. The minimum absolute atomic E-state index is 0.125. The summed E-state index contributed by atoms with van der Waals surface area (Å²) in [5, 5.41) is 29.0. The Balaban J connectivity index is 1.85. The van der Waals surface area contributed by atoms with Crippen molar-refractivity contribution in [1.82, 2.24) is 0 Å². The fourth-order valence-electron chi connectivity index (χ4n) is 2.79. The zero-order valence-corrected chi connectivity index (χ0v) is 14.1. The van der Waals surface area contributed by atoms with Crippen molar-refractivity contribution in [2.75, 3.05) is 0 Å². The van der Waals surface area contributed by atoms with Crippen molar-refractivity contribution < 1.29 is 24.9 Å². The number of hydrogen-bond acceptors (Lipinski definition) is 5. The van der Waals surface area contributed by atoms with Crippen LogP contribution in [-0.4, -0.2) is 26.7 Å². The van der Waals surface area contributed by atoms with Crippen LogP contribution in [0.25, 0.3) is 6.08 Å². The Kier molecular flexibility index (Phi) is 4.17. The number of phenols is 3. The van der Waals surface area contributed by atoms with Crippen molar-refractivity contribution in [1.29, 1.82) is 0 Å². The van der Waals surface area contributed by atoms with Gasteiger partial charge in [0, 0.05) is 6.07 Å². The van der Waals surface area contributed by atoms with Gasteiger partial charge in [-0.2, -0.15) is 0 Å². The van der Waals surface area contributed by atoms with Crippen LogP contribution >= 0.6 is 0 Å². The van der Waals surface area contributed by atoms with Crippen LogP contribution in [0.1, 0.15) is 41.8 Å². The van der Waals surface area contributed by atoms with Crippen molar-refractivity contribution >= 4 is 11.9 Å². The van der Waals surface area contributed by atoms with Crippen LogP contribution in [0.3, 0.4) is 0 Å². The van der Waals surface area contributed by atoms with Crippen molar-refractivity contribution in [2.24, 2.45) is 0 Å². The second-order valence-electron chi connectivity index (χ2n) is 6.78. The average molecular weight is 340 g/mol. The lowest BCUT2D eigenvalue weighted by Gasteiger charge is -2.32. The number of fused-ring (bicyclic) bond motifs is 1. The van der Waals surface area contributed by atoms with E-state index in [2.05, 4.69) is 0 Å². The first-order chi connectivity index (χ1) is 11.7. The first kappa shape index (κ1) is 16.9. The Morgan fingerprint density at radius 1 is 1.08 bits per heavy atom. The van der Waals surface area contributed by atoms with Gasteiger partial charge in [0.1, 0.15) is 17.1 Å². The molecule has 1 heterocycles. The van der Waals surface area contributed by atoms with Gasteiger partial charge >= 0.3 is 0 Å². The molecule has 130 valence electrons. The Labute approximate surface area is 145 Å². The molecule has 0 fully saturated rings. The van der Waals surface area contributed by atoms with E-state index in [9.17, 15) is 20.1 Å². The molecule has 0 saturated carbocycles. The van der Waals surface area contributed by atoms with Gasteiger partial charge in [0.25, 0.3) is 0 Å². The third kappa shape index (κ3) is 3.60. The molecular formula is C20H20O5. The highest BCUT2D eigenvalue weighted by atomic mass is 16.5. The predicted molar refractivity (Wildman–Crippen MR) is 94.3 cm³/mol. The summed E-state index contributed by atoms with van der Waals surface area (Å²) in [6.07, 6.45) is 4.44. The van der Waals surface area contributed by atoms with Gasteiger partial charge in [-0.1, -0.05) is 12.1 Å². The van der Waals surface area contributed by atoms with Gasteiger partial charge in [0.15, 0.2) is 17.3 Å². The number of hydrogen-bond donors (Lipinski definition) is 3. The van der Waals surface area contributed by atoms with Gasteiger partial charge in [-0.25, -0.2) is 0 Å². The molecular weight excluding hydrogens is 320 g/mol. The number of benzene rings is 2. The molecule has 0 aliphatic carbocycles. The quantitative estimate of drug-likeness (QED) is 0.449. The minimum atomic E-state index is -0.349. The topological polar surface area (TPSA) is 87.0 Å². The number of phenolic OH excluding ortho intramolecular Hbond substituents is 3. The smallest absolute Gasteiger partial charge is 0.189 e. The number of carbonyl (C=O) groups is 1. The molecule has 5 nitrogen and oxygen atoms in total. The molecule has 3 rings (SSSR count). The molecule has 0 bridgehead atoms. The Morgan fingerprint density at radius 2 is 1.84 bits per heavy atom. The number of carbonyl (C=O) groups excluding carboxylic acids is 1. The van der Waals surface area contributed by atoms with Crippen LogP contribution in [0, 0.1) is 0 Å². The largest absolute Gasteiger partial charge is 0.507 e. The highest BCUT2D eigenvalue weighted by Crippen LogP contribution is 2.37. The highest BCUT2D eigenvalue weighted by Gasteiger charge is 2.28. The summed E-state index contributed by atoms with van der Waals surface area (Å²) >= 11 is 0. The minimum Gasteiger partial charge on any atom is -0.507 e. The summed E-state index contributed by atoms with van der Waals surface area (Å²) in [6.45, 7) is 3.98. The van der Waals surface area contributed by atoms with Crippen LogP contribution in [-0.2, 0) is 6.42 Å². The second kappa shape index (κ2) is 6.16. The van der Waals surface area contributed by atoms with Gasteiger partial charge in [0.05, 0.1) is 5.56 Å². The molecule has 3 N–H and O–H groups in total. The van der Waals surface area contributed by atoms with Crippen LogP contribution in [0.4, 0.5) is 0 Å². The SMILES string of the molecule is CC1(C)CCc2cc(C(=O)/C=C/c3ccc(O)c(O)c3)c(O)cc2O1. The van der Waals surface area contributed by atoms with E-state index in [1.807, 2.05) is 13.8 Å². The van der Waals surface area contributed by atoms with E-state index in [0.29, 0.717) is 11.3 Å². The monoisotopic (exact) mass is 340 g/mol. The van der Waals surface area contributed by atoms with E-state index in [0.717, 1.165) is 18.4 Å². The van der Waals surface area contributed by atoms with Crippen molar-refractivity contribution in [2.45, 2.75) is 32.3 Å². The van der Waals surface area contributed by atoms with Crippen molar-refractivity contribution in [3.8, 4) is 23.0 Å². The molecule has 0 amide bonds. The second-order valence-corrected chi connectivity index (χ2v) is 6.78. The normalized spacial score (nSPS) is 15.6. The van der Waals surface area contributed by atoms with Crippen LogP contribution < -0.4 is 4.74 Å². The molecule has 0 spiro atoms. The summed E-state index contributed by atoms with van der Waals surface area (Å²) in [7, 11) is 0. The van der Waals surface area contributed by atoms with E-state index in [4.69, 9.17) is 4.74 Å². The molecule has 0 aromatic heterocycles. The fourth-order valence-corrected chi connectivity index (χ4v) is 2.79. The van der Waals surface area contributed by atoms with E-state index < -0.39 is 0 Å². The summed E-state index contributed by atoms with van der Waals surface area (Å²) < 4.78 is 5.85. The van der Waals surface area contributed by atoms with Gasteiger partial charge in [-0.3, -0.25) is 4.79 Å². The van der Waals surface area contributed by atoms with Crippen LogP contribution in [0.2, 0.25) is 0 Å². The van der Waals surface area contributed by atoms with Crippen LogP contribution in [0.15, 0.2) is 36.4 Å². The molecule has 2 aromatic rings. The Hall–Kier alpha value is -2.95. The number of ether oxygens (including phenoxy) is 1. The van der Waals surface area contributed by atoms with Crippen molar-refractivity contribution in [3.63, 3.8) is 0 Å². The lowest BCUT2D eigenvalue weighted by Crippen LogP contribution is -2.32. The lowest BCUT2D eigenvalue weighted by atomic mass is 9.92. The number of aromatic hydroxyl groups is 3. The molecule has 1 aliphatic heterocycles. The molecule has 0 radical (unpaired) electrons. The Bertz CT molecular complexity index is 865.